The fourth-order valence-corrected chi connectivity index (χ4v) is 2.01. The number of methoxy groups -OCH3 is 1. The molecular formula is C12H13N3OS. The molecule has 2 N–H and O–H groups in total. The number of hydrogen-bond donors (Lipinski definition) is 1. The van der Waals surface area contributed by atoms with Crippen LogP contribution in [0.2, 0.25) is 0 Å². The molecule has 0 aliphatic rings. The van der Waals surface area contributed by atoms with Crippen LogP contribution in [-0.2, 0) is 4.74 Å². The summed E-state index contributed by atoms with van der Waals surface area (Å²) in [6.07, 6.45) is -0.257. The maximum atomic E-state index is 9.08. The number of nitrogens with two attached hydrogens (primary N) is 1. The number of ether oxygens (including phenoxy) is 1. The smallest absolute Gasteiger partial charge is 0.0996 e. The highest BCUT2D eigenvalue weighted by Crippen LogP contribution is 2.29. The summed E-state index contributed by atoms with van der Waals surface area (Å²) in [6, 6.07) is 9.08. The van der Waals surface area contributed by atoms with Crippen molar-refractivity contribution < 1.29 is 4.74 Å². The molecule has 2 atom stereocenters. The van der Waals surface area contributed by atoms with Gasteiger partial charge in [-0.1, -0.05) is 18.0 Å². The van der Waals surface area contributed by atoms with Crippen molar-refractivity contribution in [1.29, 1.82) is 10.5 Å². The molecule has 0 fully saturated rings. The Morgan fingerprint density at radius 3 is 2.53 bits per heavy atom. The summed E-state index contributed by atoms with van der Waals surface area (Å²) in [6.45, 7) is 1.93. The molecule has 4 nitrogen and oxygen atoms in total. The van der Waals surface area contributed by atoms with E-state index in [1.54, 1.807) is 25.3 Å². The average Bonchev–Trinajstić information content (AvgIpc) is 2.39. The number of nitrogens with zero attached hydrogens (tertiary/aromatic N) is 2. The van der Waals surface area contributed by atoms with Gasteiger partial charge in [-0.25, -0.2) is 0 Å². The van der Waals surface area contributed by atoms with Crippen LogP contribution < -0.4 is 5.14 Å². The first-order valence-corrected chi connectivity index (χ1v) is 5.94. The van der Waals surface area contributed by atoms with Gasteiger partial charge in [-0.15, -0.1) is 0 Å². The minimum Gasteiger partial charge on any atom is -0.376 e. The number of hydrogen-bond acceptors (Lipinski definition) is 5. The number of nitriles is 2. The first-order chi connectivity index (χ1) is 8.17. The van der Waals surface area contributed by atoms with Crippen LogP contribution in [-0.4, -0.2) is 12.4 Å². The monoisotopic (exact) mass is 247 g/mol. The van der Waals surface area contributed by atoms with Gasteiger partial charge in [0.05, 0.1) is 29.4 Å². The molecule has 0 aliphatic carbocycles. The second-order valence-corrected chi connectivity index (χ2v) is 4.54. The fraction of sp³-hybridized carbons (Fsp3) is 0.333. The lowest BCUT2D eigenvalue weighted by molar-refractivity contribution is 0.104. The molecule has 0 saturated heterocycles. The van der Waals surface area contributed by atoms with Crippen molar-refractivity contribution in [2.24, 2.45) is 5.14 Å². The Labute approximate surface area is 105 Å². The zero-order chi connectivity index (χ0) is 12.8. The summed E-state index contributed by atoms with van der Waals surface area (Å²) in [5, 5.41) is 23.4. The molecule has 0 saturated carbocycles. The Balaban J connectivity index is 3.21. The Morgan fingerprint density at radius 1 is 1.35 bits per heavy atom. The van der Waals surface area contributed by atoms with E-state index in [-0.39, 0.29) is 11.4 Å². The van der Waals surface area contributed by atoms with Crippen molar-refractivity contribution in [2.75, 3.05) is 7.11 Å². The standard InChI is InChI=1S/C12H13N3OS/c1-8(17-15)12(16-2)11-4-3-9(6-13)5-10(11)7-14/h3-5,8,12H,15H2,1-2H3. The van der Waals surface area contributed by atoms with Crippen LogP contribution in [0, 0.1) is 22.7 Å². The summed E-state index contributed by atoms with van der Waals surface area (Å²) in [4.78, 5) is 0. The third-order valence-electron chi connectivity index (χ3n) is 2.50. The molecule has 0 radical (unpaired) electrons. The second kappa shape index (κ2) is 6.27. The Kier molecular flexibility index (Phi) is 4.99. The molecule has 1 rings (SSSR count). The van der Waals surface area contributed by atoms with Gasteiger partial charge in [0.25, 0.3) is 0 Å². The van der Waals surface area contributed by atoms with Gasteiger partial charge in [-0.2, -0.15) is 10.5 Å². The van der Waals surface area contributed by atoms with E-state index < -0.39 is 0 Å². The van der Waals surface area contributed by atoms with Crippen LogP contribution in [0.4, 0.5) is 0 Å². The molecule has 2 unspecified atom stereocenters. The molecule has 17 heavy (non-hydrogen) atoms. The van der Waals surface area contributed by atoms with Gasteiger partial charge in [0.2, 0.25) is 0 Å². The Morgan fingerprint density at radius 2 is 2.06 bits per heavy atom. The van der Waals surface area contributed by atoms with Crippen LogP contribution in [0.15, 0.2) is 18.2 Å². The molecule has 88 valence electrons. The fourth-order valence-electron chi connectivity index (χ4n) is 1.61. The van der Waals surface area contributed by atoms with Gasteiger partial charge in [-0.3, -0.25) is 5.14 Å². The predicted molar refractivity (Wildman–Crippen MR) is 66.9 cm³/mol. The second-order valence-electron chi connectivity index (χ2n) is 3.52. The minimum absolute atomic E-state index is 0.0278. The zero-order valence-corrected chi connectivity index (χ0v) is 10.5. The van der Waals surface area contributed by atoms with E-state index >= 15 is 0 Å². The summed E-state index contributed by atoms with van der Waals surface area (Å²) in [5.74, 6) is 0. The van der Waals surface area contributed by atoms with Crippen molar-refractivity contribution in [2.45, 2.75) is 18.3 Å². The molecule has 0 spiro atoms. The third-order valence-corrected chi connectivity index (χ3v) is 3.18. The lowest BCUT2D eigenvalue weighted by Crippen LogP contribution is -2.17. The summed E-state index contributed by atoms with van der Waals surface area (Å²) < 4.78 is 5.37. The average molecular weight is 247 g/mol. The van der Waals surface area contributed by atoms with Crippen molar-refractivity contribution >= 4 is 11.9 Å². The van der Waals surface area contributed by atoms with E-state index in [0.717, 1.165) is 5.56 Å². The van der Waals surface area contributed by atoms with Crippen molar-refractivity contribution in [3.63, 3.8) is 0 Å². The molecule has 0 amide bonds. The van der Waals surface area contributed by atoms with E-state index in [0.29, 0.717) is 11.1 Å². The number of benzene rings is 1. The first kappa shape index (κ1) is 13.5. The van der Waals surface area contributed by atoms with E-state index in [4.69, 9.17) is 20.4 Å². The largest absolute Gasteiger partial charge is 0.376 e. The Bertz CT molecular complexity index is 476. The summed E-state index contributed by atoms with van der Waals surface area (Å²) in [7, 11) is 1.58. The normalized spacial score (nSPS) is 13.5. The number of rotatable bonds is 4. The molecule has 0 aromatic heterocycles. The van der Waals surface area contributed by atoms with Gasteiger partial charge < -0.3 is 4.74 Å². The lowest BCUT2D eigenvalue weighted by Gasteiger charge is -2.21. The molecule has 5 heteroatoms. The van der Waals surface area contributed by atoms with Crippen LogP contribution in [0.1, 0.15) is 29.7 Å². The molecule has 0 aliphatic heterocycles. The topological polar surface area (TPSA) is 82.8 Å². The quantitative estimate of drug-likeness (QED) is 0.824. The van der Waals surface area contributed by atoms with E-state index in [9.17, 15) is 0 Å². The van der Waals surface area contributed by atoms with Crippen LogP contribution in [0.25, 0.3) is 0 Å². The van der Waals surface area contributed by atoms with Gasteiger partial charge in [-0.05, 0) is 24.6 Å². The van der Waals surface area contributed by atoms with Gasteiger partial charge in [0.1, 0.15) is 0 Å². The van der Waals surface area contributed by atoms with Gasteiger partial charge in [0.15, 0.2) is 0 Å². The third kappa shape index (κ3) is 2.98. The Hall–Kier alpha value is -1.53. The zero-order valence-electron chi connectivity index (χ0n) is 9.68. The van der Waals surface area contributed by atoms with Crippen molar-refractivity contribution in [3.8, 4) is 12.1 Å². The van der Waals surface area contributed by atoms with Crippen LogP contribution in [0.5, 0.6) is 0 Å². The van der Waals surface area contributed by atoms with E-state index in [2.05, 4.69) is 6.07 Å². The molecule has 0 bridgehead atoms. The van der Waals surface area contributed by atoms with Crippen molar-refractivity contribution in [1.82, 2.24) is 0 Å². The highest BCUT2D eigenvalue weighted by Gasteiger charge is 2.21. The van der Waals surface area contributed by atoms with Crippen LogP contribution >= 0.6 is 11.9 Å². The maximum absolute atomic E-state index is 9.08. The van der Waals surface area contributed by atoms with Crippen LogP contribution in [0.3, 0.4) is 0 Å². The van der Waals surface area contributed by atoms with E-state index in [1.807, 2.05) is 13.0 Å². The summed E-state index contributed by atoms with van der Waals surface area (Å²) in [5.41, 5.74) is 1.68. The van der Waals surface area contributed by atoms with Crippen molar-refractivity contribution in [3.05, 3.63) is 34.9 Å². The lowest BCUT2D eigenvalue weighted by atomic mass is 9.99. The molecular weight excluding hydrogens is 234 g/mol. The molecule has 1 aromatic rings. The predicted octanol–water partition coefficient (Wildman–Crippen LogP) is 2.11. The van der Waals surface area contributed by atoms with E-state index in [1.165, 1.54) is 11.9 Å². The minimum atomic E-state index is -0.257. The first-order valence-electron chi connectivity index (χ1n) is 5.00. The SMILES string of the molecule is COC(c1ccc(C#N)cc1C#N)C(C)SN. The maximum Gasteiger partial charge on any atom is 0.0996 e. The summed E-state index contributed by atoms with van der Waals surface area (Å²) >= 11 is 1.18. The highest BCUT2D eigenvalue weighted by atomic mass is 32.2. The molecule has 0 heterocycles. The van der Waals surface area contributed by atoms with Gasteiger partial charge in [0, 0.05) is 12.4 Å². The van der Waals surface area contributed by atoms with Gasteiger partial charge >= 0.3 is 0 Å². The molecule has 1 aromatic carbocycles. The highest BCUT2D eigenvalue weighted by molar-refractivity contribution is 7.97.